The average Bonchev–Trinajstić information content (AvgIpc) is 3.15. The van der Waals surface area contributed by atoms with E-state index in [1.54, 1.807) is 0 Å². The number of rotatable bonds is 5. The summed E-state index contributed by atoms with van der Waals surface area (Å²) in [6.45, 7) is 2.32. The van der Waals surface area contributed by atoms with Gasteiger partial charge in [-0.2, -0.15) is 0 Å². The van der Waals surface area contributed by atoms with Gasteiger partial charge in [0.25, 0.3) is 0 Å². The van der Waals surface area contributed by atoms with E-state index in [-0.39, 0.29) is 10.6 Å². The van der Waals surface area contributed by atoms with Crippen LogP contribution in [0, 0.1) is 11.7 Å². The first-order valence-corrected chi connectivity index (χ1v) is 8.73. The Balaban J connectivity index is 1.61. The third-order valence-corrected chi connectivity index (χ3v) is 5.64. The Kier molecular flexibility index (Phi) is 3.90. The molecule has 0 aromatic heterocycles. The highest BCUT2D eigenvalue weighted by molar-refractivity contribution is 7.89. The summed E-state index contributed by atoms with van der Waals surface area (Å²) >= 11 is 0. The monoisotopic (exact) mass is 313 g/mol. The van der Waals surface area contributed by atoms with Crippen LogP contribution in [0.4, 0.5) is 10.1 Å². The van der Waals surface area contributed by atoms with E-state index >= 15 is 0 Å². The molecule has 3 rings (SSSR count). The van der Waals surface area contributed by atoms with Crippen molar-refractivity contribution in [2.75, 3.05) is 25.4 Å². The molecule has 1 saturated carbocycles. The van der Waals surface area contributed by atoms with Gasteiger partial charge in [-0.05, 0) is 49.9 Å². The summed E-state index contributed by atoms with van der Waals surface area (Å²) in [6.07, 6.45) is 3.51. The number of benzene rings is 1. The van der Waals surface area contributed by atoms with E-state index in [1.807, 2.05) is 0 Å². The van der Waals surface area contributed by atoms with Crippen molar-refractivity contribution >= 4 is 15.7 Å². The van der Waals surface area contributed by atoms with E-state index in [4.69, 9.17) is 5.73 Å². The Bertz CT molecular complexity index is 631. The molecule has 1 atom stereocenters. The zero-order valence-electron chi connectivity index (χ0n) is 11.8. The Morgan fingerprint density at radius 2 is 2.10 bits per heavy atom. The van der Waals surface area contributed by atoms with Crippen LogP contribution in [0.15, 0.2) is 23.1 Å². The van der Waals surface area contributed by atoms with Crippen molar-refractivity contribution in [2.24, 2.45) is 5.92 Å². The van der Waals surface area contributed by atoms with Gasteiger partial charge in [-0.1, -0.05) is 0 Å². The number of sulfonamides is 1. The van der Waals surface area contributed by atoms with Crippen LogP contribution in [-0.4, -0.2) is 39.0 Å². The van der Waals surface area contributed by atoms with Gasteiger partial charge in [-0.25, -0.2) is 17.5 Å². The smallest absolute Gasteiger partial charge is 0.243 e. The van der Waals surface area contributed by atoms with Crippen LogP contribution in [0.5, 0.6) is 0 Å². The van der Waals surface area contributed by atoms with Gasteiger partial charge in [0.15, 0.2) is 0 Å². The predicted molar refractivity (Wildman–Crippen MR) is 78.7 cm³/mol. The van der Waals surface area contributed by atoms with Gasteiger partial charge in [0.05, 0.1) is 0 Å². The number of nitrogens with two attached hydrogens (primary N) is 1. The number of nitrogens with one attached hydrogen (secondary N) is 1. The zero-order valence-corrected chi connectivity index (χ0v) is 12.6. The van der Waals surface area contributed by atoms with Gasteiger partial charge in [-0.15, -0.1) is 0 Å². The van der Waals surface area contributed by atoms with Crippen molar-refractivity contribution in [2.45, 2.75) is 30.2 Å². The first-order valence-electron chi connectivity index (χ1n) is 7.24. The molecule has 2 fully saturated rings. The zero-order chi connectivity index (χ0) is 15.0. The second-order valence-corrected chi connectivity index (χ2v) is 7.66. The fraction of sp³-hybridized carbons (Fsp3) is 0.571. The fourth-order valence-electron chi connectivity index (χ4n) is 2.84. The van der Waals surface area contributed by atoms with Crippen molar-refractivity contribution in [3.05, 3.63) is 24.0 Å². The minimum absolute atomic E-state index is 0.210. The summed E-state index contributed by atoms with van der Waals surface area (Å²) in [6, 6.07) is 4.33. The standard InChI is InChI=1S/C14H20FN3O2S/c15-13-7-11(16)1-4-14(13)21(19,20)17-8-10-5-6-18(9-10)12-2-3-12/h1,4,7,10,12,17H,2-3,5-6,8-9,16H2. The molecule has 0 amide bonds. The molecule has 0 spiro atoms. The van der Waals surface area contributed by atoms with Crippen LogP contribution in [-0.2, 0) is 10.0 Å². The van der Waals surface area contributed by atoms with E-state index < -0.39 is 15.8 Å². The quantitative estimate of drug-likeness (QED) is 0.800. The molecule has 116 valence electrons. The van der Waals surface area contributed by atoms with Crippen LogP contribution in [0.25, 0.3) is 0 Å². The molecule has 1 heterocycles. The minimum Gasteiger partial charge on any atom is -0.399 e. The number of likely N-dealkylation sites (tertiary alicyclic amines) is 1. The lowest BCUT2D eigenvalue weighted by Crippen LogP contribution is -2.32. The molecule has 1 aromatic carbocycles. The molecule has 2 aliphatic rings. The number of halogens is 1. The molecule has 21 heavy (non-hydrogen) atoms. The molecule has 7 heteroatoms. The van der Waals surface area contributed by atoms with E-state index in [0.29, 0.717) is 18.5 Å². The van der Waals surface area contributed by atoms with Crippen molar-refractivity contribution in [3.63, 3.8) is 0 Å². The summed E-state index contributed by atoms with van der Waals surface area (Å²) in [5.41, 5.74) is 5.64. The number of anilines is 1. The first kappa shape index (κ1) is 14.7. The predicted octanol–water partition coefficient (Wildman–Crippen LogP) is 1.17. The van der Waals surface area contributed by atoms with E-state index in [1.165, 1.54) is 25.0 Å². The molecule has 1 aliphatic carbocycles. The van der Waals surface area contributed by atoms with Crippen molar-refractivity contribution in [3.8, 4) is 0 Å². The van der Waals surface area contributed by atoms with Crippen LogP contribution >= 0.6 is 0 Å². The highest BCUT2D eigenvalue weighted by Crippen LogP contribution is 2.31. The number of hydrogen-bond donors (Lipinski definition) is 2. The highest BCUT2D eigenvalue weighted by atomic mass is 32.2. The average molecular weight is 313 g/mol. The van der Waals surface area contributed by atoms with Crippen LogP contribution in [0.2, 0.25) is 0 Å². The van der Waals surface area contributed by atoms with E-state index in [2.05, 4.69) is 9.62 Å². The Hall–Kier alpha value is -1.18. The molecular formula is C14H20FN3O2S. The van der Waals surface area contributed by atoms with Crippen LogP contribution in [0.3, 0.4) is 0 Å². The summed E-state index contributed by atoms with van der Waals surface area (Å²) in [7, 11) is -3.82. The Morgan fingerprint density at radius 3 is 2.76 bits per heavy atom. The maximum atomic E-state index is 13.7. The molecule has 0 bridgehead atoms. The summed E-state index contributed by atoms with van der Waals surface area (Å²) in [5.74, 6) is -0.509. The third kappa shape index (κ3) is 3.36. The lowest BCUT2D eigenvalue weighted by molar-refractivity contribution is 0.314. The molecular weight excluding hydrogens is 293 g/mol. The molecule has 1 aliphatic heterocycles. The fourth-order valence-corrected chi connectivity index (χ4v) is 4.01. The number of nitrogen functional groups attached to an aromatic ring is 1. The van der Waals surface area contributed by atoms with Gasteiger partial charge in [0.2, 0.25) is 10.0 Å². The highest BCUT2D eigenvalue weighted by Gasteiger charge is 2.34. The first-order chi connectivity index (χ1) is 9.95. The maximum Gasteiger partial charge on any atom is 0.243 e. The normalized spacial score (nSPS) is 23.6. The molecule has 0 radical (unpaired) electrons. The SMILES string of the molecule is Nc1ccc(S(=O)(=O)NCC2CCN(C3CC3)C2)c(F)c1. The van der Waals surface area contributed by atoms with Gasteiger partial charge in [0.1, 0.15) is 10.7 Å². The molecule has 3 N–H and O–H groups in total. The Labute approximate surface area is 124 Å². The van der Waals surface area contributed by atoms with Crippen LogP contribution in [0.1, 0.15) is 19.3 Å². The number of hydrogen-bond acceptors (Lipinski definition) is 4. The van der Waals surface area contributed by atoms with Gasteiger partial charge < -0.3 is 10.6 Å². The summed E-state index contributed by atoms with van der Waals surface area (Å²) in [4.78, 5) is 2.08. The lowest BCUT2D eigenvalue weighted by Gasteiger charge is -2.15. The second-order valence-electron chi connectivity index (χ2n) is 5.92. The molecule has 1 aromatic rings. The Morgan fingerprint density at radius 1 is 1.33 bits per heavy atom. The van der Waals surface area contributed by atoms with Crippen LogP contribution < -0.4 is 10.5 Å². The van der Waals surface area contributed by atoms with E-state index in [0.717, 1.165) is 25.6 Å². The van der Waals surface area contributed by atoms with Gasteiger partial charge in [-0.3, -0.25) is 0 Å². The summed E-state index contributed by atoms with van der Waals surface area (Å²) in [5, 5.41) is 0. The second kappa shape index (κ2) is 5.55. The maximum absolute atomic E-state index is 13.7. The largest absolute Gasteiger partial charge is 0.399 e. The molecule has 5 nitrogen and oxygen atoms in total. The topological polar surface area (TPSA) is 75.4 Å². The molecule has 1 unspecified atom stereocenters. The van der Waals surface area contributed by atoms with Crippen molar-refractivity contribution in [1.29, 1.82) is 0 Å². The number of nitrogens with zero attached hydrogens (tertiary/aromatic N) is 1. The third-order valence-electron chi connectivity index (χ3n) is 4.19. The van der Waals surface area contributed by atoms with E-state index in [9.17, 15) is 12.8 Å². The van der Waals surface area contributed by atoms with Gasteiger partial charge >= 0.3 is 0 Å². The van der Waals surface area contributed by atoms with Gasteiger partial charge in [0, 0.05) is 24.8 Å². The summed E-state index contributed by atoms with van der Waals surface area (Å²) < 4.78 is 40.5. The molecule has 1 saturated heterocycles. The van der Waals surface area contributed by atoms with Crippen molar-refractivity contribution < 1.29 is 12.8 Å². The van der Waals surface area contributed by atoms with Crippen molar-refractivity contribution in [1.82, 2.24) is 9.62 Å². The lowest BCUT2D eigenvalue weighted by atomic mass is 10.1. The minimum atomic E-state index is -3.82.